The van der Waals surface area contributed by atoms with E-state index in [1.165, 1.54) is 0 Å². The van der Waals surface area contributed by atoms with Crippen LogP contribution in [0.25, 0.3) is 0 Å². The van der Waals surface area contributed by atoms with Gasteiger partial charge in [-0.15, -0.1) is 10.2 Å². The third kappa shape index (κ3) is 2.48. The number of hydrogen-bond acceptors (Lipinski definition) is 5. The number of piperazine rings is 1. The third-order valence-electron chi connectivity index (χ3n) is 4.00. The standard InChI is InChI=1S/C12H20N6O/c1-10(12(19)16-4-2-13-3-5-16)17-6-7-18-9-14-15-11(18)8-17/h9-10,13H,2-8H2,1H3. The molecule has 7 heteroatoms. The Hall–Kier alpha value is -1.47. The third-order valence-corrected chi connectivity index (χ3v) is 4.00. The van der Waals surface area contributed by atoms with Gasteiger partial charge in [0.25, 0.3) is 0 Å². The van der Waals surface area contributed by atoms with Crippen LogP contribution in [0.2, 0.25) is 0 Å². The summed E-state index contributed by atoms with van der Waals surface area (Å²) in [5.41, 5.74) is 0. The Morgan fingerprint density at radius 1 is 1.32 bits per heavy atom. The van der Waals surface area contributed by atoms with E-state index >= 15 is 0 Å². The Kier molecular flexibility index (Phi) is 3.48. The first kappa shape index (κ1) is 12.6. The van der Waals surface area contributed by atoms with Gasteiger partial charge < -0.3 is 14.8 Å². The van der Waals surface area contributed by atoms with Crippen LogP contribution in [0, 0.1) is 0 Å². The van der Waals surface area contributed by atoms with E-state index in [4.69, 9.17) is 0 Å². The minimum atomic E-state index is -0.0800. The van der Waals surface area contributed by atoms with Gasteiger partial charge in [-0.05, 0) is 6.92 Å². The number of carbonyl (C=O) groups excluding carboxylic acids is 1. The average Bonchev–Trinajstić information content (AvgIpc) is 2.94. The summed E-state index contributed by atoms with van der Waals surface area (Å²) in [6, 6.07) is -0.0800. The van der Waals surface area contributed by atoms with Crippen molar-refractivity contribution in [1.29, 1.82) is 0 Å². The quantitative estimate of drug-likeness (QED) is 0.735. The summed E-state index contributed by atoms with van der Waals surface area (Å²) >= 11 is 0. The second-order valence-electron chi connectivity index (χ2n) is 5.16. The van der Waals surface area contributed by atoms with Gasteiger partial charge in [-0.25, -0.2) is 0 Å². The second kappa shape index (κ2) is 5.26. The number of rotatable bonds is 2. The van der Waals surface area contributed by atoms with E-state index in [-0.39, 0.29) is 11.9 Å². The van der Waals surface area contributed by atoms with Crippen LogP contribution in [0.3, 0.4) is 0 Å². The molecule has 0 saturated carbocycles. The van der Waals surface area contributed by atoms with Crippen LogP contribution in [0.1, 0.15) is 12.7 Å². The Labute approximate surface area is 112 Å². The lowest BCUT2D eigenvalue weighted by molar-refractivity contribution is -0.137. The lowest BCUT2D eigenvalue weighted by Crippen LogP contribution is -2.54. The minimum Gasteiger partial charge on any atom is -0.339 e. The molecule has 0 spiro atoms. The highest BCUT2D eigenvalue weighted by Crippen LogP contribution is 2.14. The normalized spacial score (nSPS) is 22.1. The van der Waals surface area contributed by atoms with E-state index in [2.05, 4.69) is 25.0 Å². The Balaban J connectivity index is 1.64. The van der Waals surface area contributed by atoms with Crippen molar-refractivity contribution in [2.45, 2.75) is 26.1 Å². The topological polar surface area (TPSA) is 66.3 Å². The van der Waals surface area contributed by atoms with Gasteiger partial charge in [0.1, 0.15) is 12.2 Å². The highest BCUT2D eigenvalue weighted by atomic mass is 16.2. The number of fused-ring (bicyclic) bond motifs is 1. The van der Waals surface area contributed by atoms with E-state index in [9.17, 15) is 4.79 Å². The van der Waals surface area contributed by atoms with Gasteiger partial charge in [-0.2, -0.15) is 0 Å². The molecule has 1 aromatic heterocycles. The lowest BCUT2D eigenvalue weighted by Gasteiger charge is -2.36. The number of aromatic nitrogens is 3. The molecule has 2 aliphatic heterocycles. The van der Waals surface area contributed by atoms with E-state index in [1.807, 2.05) is 11.8 Å². The number of hydrogen-bond donors (Lipinski definition) is 1. The minimum absolute atomic E-state index is 0.0800. The molecule has 7 nitrogen and oxygen atoms in total. The molecule has 0 aliphatic carbocycles. The van der Waals surface area contributed by atoms with Gasteiger partial charge in [0, 0.05) is 39.3 Å². The first-order valence-corrected chi connectivity index (χ1v) is 6.86. The van der Waals surface area contributed by atoms with Crippen molar-refractivity contribution >= 4 is 5.91 Å². The number of nitrogens with zero attached hydrogens (tertiary/aromatic N) is 5. The maximum atomic E-state index is 12.5. The van der Waals surface area contributed by atoms with Crippen LogP contribution in [-0.2, 0) is 17.9 Å². The van der Waals surface area contributed by atoms with E-state index in [0.29, 0.717) is 6.54 Å². The zero-order valence-electron chi connectivity index (χ0n) is 11.2. The maximum Gasteiger partial charge on any atom is 0.239 e. The summed E-state index contributed by atoms with van der Waals surface area (Å²) < 4.78 is 2.05. The summed E-state index contributed by atoms with van der Waals surface area (Å²) in [7, 11) is 0. The molecule has 1 N–H and O–H groups in total. The highest BCUT2D eigenvalue weighted by molar-refractivity contribution is 5.81. The molecule has 104 valence electrons. The smallest absolute Gasteiger partial charge is 0.239 e. The molecule has 0 radical (unpaired) electrons. The predicted octanol–water partition coefficient (Wildman–Crippen LogP) is -1.09. The Morgan fingerprint density at radius 2 is 2.11 bits per heavy atom. The molecule has 3 rings (SSSR count). The summed E-state index contributed by atoms with van der Waals surface area (Å²) in [5, 5.41) is 11.3. The van der Waals surface area contributed by atoms with Crippen molar-refractivity contribution in [2.24, 2.45) is 0 Å². The fourth-order valence-corrected chi connectivity index (χ4v) is 2.72. The molecule has 1 atom stereocenters. The molecule has 19 heavy (non-hydrogen) atoms. The Morgan fingerprint density at radius 3 is 2.89 bits per heavy atom. The van der Waals surface area contributed by atoms with E-state index < -0.39 is 0 Å². The molecule has 1 aromatic rings. The van der Waals surface area contributed by atoms with Crippen molar-refractivity contribution < 1.29 is 4.79 Å². The summed E-state index contributed by atoms with van der Waals surface area (Å²) in [4.78, 5) is 16.6. The first-order chi connectivity index (χ1) is 9.25. The van der Waals surface area contributed by atoms with Crippen LogP contribution < -0.4 is 5.32 Å². The predicted molar refractivity (Wildman–Crippen MR) is 69.3 cm³/mol. The molecular formula is C12H20N6O. The van der Waals surface area contributed by atoms with Crippen molar-refractivity contribution in [3.63, 3.8) is 0 Å². The van der Waals surface area contributed by atoms with Gasteiger partial charge in [0.15, 0.2) is 0 Å². The zero-order valence-corrected chi connectivity index (χ0v) is 11.2. The molecule has 2 aliphatic rings. The Bertz CT molecular complexity index is 453. The second-order valence-corrected chi connectivity index (χ2v) is 5.16. The van der Waals surface area contributed by atoms with Crippen LogP contribution in [0.4, 0.5) is 0 Å². The fourth-order valence-electron chi connectivity index (χ4n) is 2.72. The molecule has 1 saturated heterocycles. The average molecular weight is 264 g/mol. The van der Waals surface area contributed by atoms with Gasteiger partial charge in [-0.1, -0.05) is 0 Å². The molecule has 1 amide bonds. The van der Waals surface area contributed by atoms with Gasteiger partial charge in [-0.3, -0.25) is 9.69 Å². The molecule has 0 aromatic carbocycles. The van der Waals surface area contributed by atoms with Crippen LogP contribution in [-0.4, -0.2) is 69.2 Å². The number of nitrogens with one attached hydrogen (secondary N) is 1. The number of amides is 1. The largest absolute Gasteiger partial charge is 0.339 e. The van der Waals surface area contributed by atoms with Crippen molar-refractivity contribution in [1.82, 2.24) is 29.9 Å². The van der Waals surface area contributed by atoms with Gasteiger partial charge in [0.05, 0.1) is 12.6 Å². The lowest BCUT2D eigenvalue weighted by atomic mass is 10.2. The molecule has 3 heterocycles. The highest BCUT2D eigenvalue weighted by Gasteiger charge is 2.29. The first-order valence-electron chi connectivity index (χ1n) is 6.86. The van der Waals surface area contributed by atoms with E-state index in [0.717, 1.165) is 45.1 Å². The van der Waals surface area contributed by atoms with Crippen LogP contribution in [0.5, 0.6) is 0 Å². The molecular weight excluding hydrogens is 244 g/mol. The molecule has 1 fully saturated rings. The van der Waals surface area contributed by atoms with Crippen LogP contribution >= 0.6 is 0 Å². The zero-order chi connectivity index (χ0) is 13.2. The molecule has 1 unspecified atom stereocenters. The van der Waals surface area contributed by atoms with Crippen molar-refractivity contribution in [3.8, 4) is 0 Å². The SMILES string of the molecule is CC(C(=O)N1CCNCC1)N1CCn2cnnc2C1. The van der Waals surface area contributed by atoms with Gasteiger partial charge >= 0.3 is 0 Å². The van der Waals surface area contributed by atoms with E-state index in [1.54, 1.807) is 6.33 Å². The van der Waals surface area contributed by atoms with Crippen molar-refractivity contribution in [3.05, 3.63) is 12.2 Å². The monoisotopic (exact) mass is 264 g/mol. The van der Waals surface area contributed by atoms with Crippen molar-refractivity contribution in [2.75, 3.05) is 32.7 Å². The summed E-state index contributed by atoms with van der Waals surface area (Å²) in [5.74, 6) is 1.18. The summed E-state index contributed by atoms with van der Waals surface area (Å²) in [6.07, 6.45) is 1.76. The van der Waals surface area contributed by atoms with Crippen LogP contribution in [0.15, 0.2) is 6.33 Å². The maximum absolute atomic E-state index is 12.5. The van der Waals surface area contributed by atoms with Gasteiger partial charge in [0.2, 0.25) is 5.91 Å². The number of carbonyl (C=O) groups is 1. The summed E-state index contributed by atoms with van der Waals surface area (Å²) in [6.45, 7) is 7.86. The molecule has 0 bridgehead atoms. The fraction of sp³-hybridized carbons (Fsp3) is 0.750.